The number of nitrogens with zero attached hydrogens (tertiary/aromatic N) is 1. The highest BCUT2D eigenvalue weighted by Crippen LogP contribution is 2.24. The van der Waals surface area contributed by atoms with Gasteiger partial charge in [-0.2, -0.15) is 0 Å². The van der Waals surface area contributed by atoms with Crippen LogP contribution in [0.3, 0.4) is 0 Å². The van der Waals surface area contributed by atoms with E-state index < -0.39 is 0 Å². The van der Waals surface area contributed by atoms with Crippen molar-refractivity contribution in [2.45, 2.75) is 30.2 Å². The molecule has 1 atom stereocenters. The Balaban J connectivity index is 1.65. The Hall–Kier alpha value is -1.78. The Kier molecular flexibility index (Phi) is 6.16. The van der Waals surface area contributed by atoms with Gasteiger partial charge in [-0.3, -0.25) is 4.79 Å². The average Bonchev–Trinajstić information content (AvgIpc) is 2.68. The van der Waals surface area contributed by atoms with Crippen LogP contribution >= 0.6 is 11.8 Å². The topological polar surface area (TPSA) is 32.3 Å². The molecule has 0 aliphatic carbocycles. The molecule has 25 heavy (non-hydrogen) atoms. The molecule has 0 saturated carbocycles. The highest BCUT2D eigenvalue weighted by molar-refractivity contribution is 7.98. The number of hydrogen-bond donors (Lipinski definition) is 1. The van der Waals surface area contributed by atoms with Crippen LogP contribution < -0.4 is 5.32 Å². The average molecular weight is 355 g/mol. The number of nitrogens with one attached hydrogen (secondary N) is 1. The van der Waals surface area contributed by atoms with Crippen LogP contribution in [0.1, 0.15) is 40.2 Å². The Morgan fingerprint density at radius 3 is 2.72 bits per heavy atom. The van der Waals surface area contributed by atoms with Gasteiger partial charge in [-0.15, -0.1) is 11.8 Å². The zero-order chi connectivity index (χ0) is 17.6. The Morgan fingerprint density at radius 1 is 1.24 bits per heavy atom. The predicted molar refractivity (Wildman–Crippen MR) is 105 cm³/mol. The van der Waals surface area contributed by atoms with Gasteiger partial charge in [0.05, 0.1) is 0 Å². The molecule has 0 unspecified atom stereocenters. The molecule has 1 N–H and O–H groups in total. The van der Waals surface area contributed by atoms with Gasteiger partial charge >= 0.3 is 0 Å². The summed E-state index contributed by atoms with van der Waals surface area (Å²) in [6.07, 6.45) is 4.52. The number of benzene rings is 2. The summed E-state index contributed by atoms with van der Waals surface area (Å²) in [5.74, 6) is 0.646. The fourth-order valence-corrected chi connectivity index (χ4v) is 3.85. The summed E-state index contributed by atoms with van der Waals surface area (Å²) in [5.41, 5.74) is 3.25. The van der Waals surface area contributed by atoms with Gasteiger partial charge in [0.2, 0.25) is 0 Å². The molecule has 0 radical (unpaired) electrons. The molecule has 1 saturated heterocycles. The second kappa shape index (κ2) is 8.54. The SMILES string of the molecule is CSc1cccc(CN(C)C(=O)c2ccc([C@@H]3CCCNC3)cc2)c1. The Bertz CT molecular complexity index is 708. The van der Waals surface area contributed by atoms with Crippen molar-refractivity contribution < 1.29 is 4.79 Å². The first kappa shape index (κ1) is 18.0. The molecular weight excluding hydrogens is 328 g/mol. The first-order chi connectivity index (χ1) is 12.2. The maximum atomic E-state index is 12.7. The largest absolute Gasteiger partial charge is 0.337 e. The van der Waals surface area contributed by atoms with Gasteiger partial charge in [0.15, 0.2) is 0 Å². The molecule has 1 fully saturated rings. The summed E-state index contributed by atoms with van der Waals surface area (Å²) < 4.78 is 0. The Labute approximate surface area is 154 Å². The highest BCUT2D eigenvalue weighted by atomic mass is 32.2. The van der Waals surface area contributed by atoms with Gasteiger partial charge in [0, 0.05) is 30.6 Å². The monoisotopic (exact) mass is 354 g/mol. The van der Waals surface area contributed by atoms with Crippen molar-refractivity contribution in [2.75, 3.05) is 26.4 Å². The fraction of sp³-hybridized carbons (Fsp3) is 0.381. The number of carbonyl (C=O) groups excluding carboxylic acids is 1. The molecule has 1 aliphatic rings. The van der Waals surface area contributed by atoms with E-state index in [2.05, 4.69) is 41.9 Å². The molecule has 0 bridgehead atoms. The normalized spacial score (nSPS) is 17.3. The second-order valence-electron chi connectivity index (χ2n) is 6.68. The van der Waals surface area contributed by atoms with Crippen LogP contribution in [-0.2, 0) is 6.54 Å². The molecule has 132 valence electrons. The van der Waals surface area contributed by atoms with Crippen LogP contribution in [0.15, 0.2) is 53.4 Å². The third kappa shape index (κ3) is 4.65. The molecular formula is C21H26N2OS. The number of amides is 1. The fourth-order valence-electron chi connectivity index (χ4n) is 3.37. The van der Waals surface area contributed by atoms with Crippen LogP contribution in [0.4, 0.5) is 0 Å². The summed E-state index contributed by atoms with van der Waals surface area (Å²) in [7, 11) is 1.87. The van der Waals surface area contributed by atoms with Crippen molar-refractivity contribution in [1.82, 2.24) is 10.2 Å². The lowest BCUT2D eigenvalue weighted by Crippen LogP contribution is -2.28. The highest BCUT2D eigenvalue weighted by Gasteiger charge is 2.17. The summed E-state index contributed by atoms with van der Waals surface area (Å²) in [5, 5.41) is 3.45. The van der Waals surface area contributed by atoms with Crippen LogP contribution in [-0.4, -0.2) is 37.2 Å². The predicted octanol–water partition coefficient (Wildman–Crippen LogP) is 4.15. The first-order valence-electron chi connectivity index (χ1n) is 8.86. The van der Waals surface area contributed by atoms with Gasteiger partial charge in [-0.25, -0.2) is 0 Å². The summed E-state index contributed by atoms with van der Waals surface area (Å²) >= 11 is 1.72. The van der Waals surface area contributed by atoms with Crippen LogP contribution in [0.2, 0.25) is 0 Å². The van der Waals surface area contributed by atoms with E-state index in [9.17, 15) is 4.79 Å². The molecule has 0 spiro atoms. The molecule has 2 aromatic carbocycles. The molecule has 1 amide bonds. The van der Waals surface area contributed by atoms with Crippen molar-refractivity contribution in [3.05, 3.63) is 65.2 Å². The lowest BCUT2D eigenvalue weighted by atomic mass is 9.91. The third-order valence-corrected chi connectivity index (χ3v) is 5.55. The second-order valence-corrected chi connectivity index (χ2v) is 7.56. The van der Waals surface area contributed by atoms with E-state index in [1.165, 1.54) is 23.3 Å². The number of hydrogen-bond acceptors (Lipinski definition) is 3. The van der Waals surface area contributed by atoms with Crippen LogP contribution in [0.5, 0.6) is 0 Å². The van der Waals surface area contributed by atoms with Crippen LogP contribution in [0, 0.1) is 0 Å². The van der Waals surface area contributed by atoms with Crippen molar-refractivity contribution in [3.63, 3.8) is 0 Å². The minimum atomic E-state index is 0.0721. The van der Waals surface area contributed by atoms with Gasteiger partial charge in [0.25, 0.3) is 5.91 Å². The number of thioether (sulfide) groups is 1. The minimum Gasteiger partial charge on any atom is -0.337 e. The zero-order valence-corrected chi connectivity index (χ0v) is 15.8. The first-order valence-corrected chi connectivity index (χ1v) is 10.1. The molecule has 1 aliphatic heterocycles. The van der Waals surface area contributed by atoms with Crippen molar-refractivity contribution in [1.29, 1.82) is 0 Å². The van der Waals surface area contributed by atoms with E-state index in [1.807, 2.05) is 25.2 Å². The van der Waals surface area contributed by atoms with E-state index in [4.69, 9.17) is 0 Å². The smallest absolute Gasteiger partial charge is 0.253 e. The number of piperidine rings is 1. The minimum absolute atomic E-state index is 0.0721. The number of carbonyl (C=O) groups is 1. The van der Waals surface area contributed by atoms with E-state index >= 15 is 0 Å². The molecule has 4 heteroatoms. The van der Waals surface area contributed by atoms with E-state index in [0.717, 1.165) is 24.2 Å². The maximum Gasteiger partial charge on any atom is 0.253 e. The third-order valence-electron chi connectivity index (χ3n) is 4.83. The molecule has 3 nitrogen and oxygen atoms in total. The van der Waals surface area contributed by atoms with Crippen molar-refractivity contribution >= 4 is 17.7 Å². The van der Waals surface area contributed by atoms with Crippen molar-refractivity contribution in [3.8, 4) is 0 Å². The Morgan fingerprint density at radius 2 is 2.04 bits per heavy atom. The quantitative estimate of drug-likeness (QED) is 0.819. The lowest BCUT2D eigenvalue weighted by Gasteiger charge is -2.23. The lowest BCUT2D eigenvalue weighted by molar-refractivity contribution is 0.0785. The maximum absolute atomic E-state index is 12.7. The zero-order valence-electron chi connectivity index (χ0n) is 15.0. The standard InChI is InChI=1S/C21H26N2OS/c1-23(15-16-5-3-7-20(13-16)25-2)21(24)18-10-8-17(9-11-18)19-6-4-12-22-14-19/h3,5,7-11,13,19,22H,4,6,12,14-15H2,1-2H3/t19-/m1/s1. The molecule has 3 rings (SSSR count). The number of rotatable bonds is 5. The van der Waals surface area contributed by atoms with E-state index in [-0.39, 0.29) is 5.91 Å². The van der Waals surface area contributed by atoms with E-state index in [1.54, 1.807) is 16.7 Å². The van der Waals surface area contributed by atoms with Crippen molar-refractivity contribution in [2.24, 2.45) is 0 Å². The van der Waals surface area contributed by atoms with Gasteiger partial charge < -0.3 is 10.2 Å². The van der Waals surface area contributed by atoms with Gasteiger partial charge in [-0.05, 0) is 67.0 Å². The van der Waals surface area contributed by atoms with Gasteiger partial charge in [0.1, 0.15) is 0 Å². The molecule has 2 aromatic rings. The summed E-state index contributed by atoms with van der Waals surface area (Å²) in [6.45, 7) is 2.79. The molecule has 0 aromatic heterocycles. The summed E-state index contributed by atoms with van der Waals surface area (Å²) in [6, 6.07) is 16.5. The summed E-state index contributed by atoms with van der Waals surface area (Å²) in [4.78, 5) is 15.7. The molecule has 1 heterocycles. The van der Waals surface area contributed by atoms with E-state index in [0.29, 0.717) is 12.5 Å². The van der Waals surface area contributed by atoms with Gasteiger partial charge in [-0.1, -0.05) is 24.3 Å². The van der Waals surface area contributed by atoms with Crippen LogP contribution in [0.25, 0.3) is 0 Å².